The Morgan fingerprint density at radius 2 is 1.12 bits per heavy atom. The number of aliphatic hydroxyl groups excluding tert-OH is 10. The predicted molar refractivity (Wildman–Crippen MR) is 211 cm³/mol. The van der Waals surface area contributed by atoms with Crippen LogP contribution < -0.4 is 0 Å². The van der Waals surface area contributed by atoms with Gasteiger partial charge in [-0.3, -0.25) is 0 Å². The molecular weight excluding hydrogens is 876 g/mol. The first kappa shape index (κ1) is 50.5. The maximum Gasteiger partial charge on any atom is 0.331 e. The third-order valence-electron chi connectivity index (χ3n) is 11.4. The second kappa shape index (κ2) is 21.8. The summed E-state index contributed by atoms with van der Waals surface area (Å²) in [5.74, 6) is -2.87. The van der Waals surface area contributed by atoms with Gasteiger partial charge in [-0.25, -0.2) is 4.79 Å². The van der Waals surface area contributed by atoms with Gasteiger partial charge in [-0.2, -0.15) is 0 Å². The molecule has 0 spiro atoms. The van der Waals surface area contributed by atoms with Gasteiger partial charge in [0.1, 0.15) is 79.4 Å². The molecule has 6 rings (SSSR count). The number of phenols is 4. The first-order valence-electron chi connectivity index (χ1n) is 20.6. The number of aliphatic hydroxyl groups is 10. The minimum absolute atomic E-state index is 0.0618. The Morgan fingerprint density at radius 3 is 1.78 bits per heavy atom. The van der Waals surface area contributed by atoms with Gasteiger partial charge in [-0.1, -0.05) is 12.1 Å². The molecule has 0 aromatic heterocycles. The third-order valence-corrected chi connectivity index (χ3v) is 11.4. The first-order chi connectivity index (χ1) is 30.8. The number of phenolic OH excluding ortho intramolecular Hbond substituents is 4. The molecule has 2 aromatic rings. The van der Waals surface area contributed by atoms with Crippen LogP contribution in [0, 0.1) is 0 Å². The summed E-state index contributed by atoms with van der Waals surface area (Å²) in [7, 11) is 0. The zero-order valence-corrected chi connectivity index (χ0v) is 34.8. The predicted octanol–water partition coefficient (Wildman–Crippen LogP) is -4.34. The highest BCUT2D eigenvalue weighted by molar-refractivity contribution is 5.87. The third kappa shape index (κ3) is 11.6. The molecule has 0 radical (unpaired) electrons. The van der Waals surface area contributed by atoms with Crippen molar-refractivity contribution in [2.75, 3.05) is 19.8 Å². The zero-order chi connectivity index (χ0) is 47.4. The van der Waals surface area contributed by atoms with Crippen molar-refractivity contribution >= 4 is 12.0 Å². The molecule has 0 bridgehead atoms. The molecule has 364 valence electrons. The molecule has 20 unspecified atom stereocenters. The lowest BCUT2D eigenvalue weighted by Gasteiger charge is -2.48. The molecule has 14 N–H and O–H groups in total. The number of benzene rings is 2. The number of carbonyl (C=O) groups excluding carboxylic acids is 1. The Hall–Kier alpha value is -3.87. The molecular formula is C41H56O24. The maximum atomic E-state index is 13.6. The highest BCUT2D eigenvalue weighted by Gasteiger charge is 2.55. The van der Waals surface area contributed by atoms with Crippen LogP contribution in [0.15, 0.2) is 42.5 Å². The van der Waals surface area contributed by atoms with Gasteiger partial charge in [0, 0.05) is 6.08 Å². The van der Waals surface area contributed by atoms with E-state index >= 15 is 0 Å². The van der Waals surface area contributed by atoms with Crippen molar-refractivity contribution in [2.45, 2.75) is 143 Å². The van der Waals surface area contributed by atoms with Crippen molar-refractivity contribution in [1.29, 1.82) is 0 Å². The summed E-state index contributed by atoms with van der Waals surface area (Å²) in [6.07, 6.45) is -31.8. The maximum absolute atomic E-state index is 13.6. The largest absolute Gasteiger partial charge is 0.504 e. The molecule has 4 heterocycles. The summed E-state index contributed by atoms with van der Waals surface area (Å²) in [6.45, 7) is 0.950. The smallest absolute Gasteiger partial charge is 0.331 e. The fourth-order valence-electron chi connectivity index (χ4n) is 7.56. The van der Waals surface area contributed by atoms with E-state index in [9.17, 15) is 76.3 Å². The summed E-state index contributed by atoms with van der Waals surface area (Å²) in [4.78, 5) is 13.6. The standard InChI is InChI=1S/C41H56O24/c1-15-26(48)29(51)32(54)40(59-15)64-36-27(49)16(2)60-41(33(36)55)65-37-34(56)39(57-10-9-18-4-7-20(44)22(46)12-18)62-24(14-58-38-31(53)30(52)28(50)23(13-42)61-38)35(37)63-25(47)8-5-17-3-6-19(43)21(45)11-17/h3-8,11-12,15-16,23-24,26-46,48-56H,9-10,13-14H2,1-2H3. The van der Waals surface area contributed by atoms with Crippen LogP contribution in [-0.4, -0.2) is 220 Å². The van der Waals surface area contributed by atoms with Gasteiger partial charge >= 0.3 is 5.97 Å². The Kier molecular flexibility index (Phi) is 17.0. The lowest BCUT2D eigenvalue weighted by molar-refractivity contribution is -0.379. The van der Waals surface area contributed by atoms with E-state index < -0.39 is 159 Å². The summed E-state index contributed by atoms with van der Waals surface area (Å²) < 4.78 is 52.3. The van der Waals surface area contributed by atoms with Crippen molar-refractivity contribution in [2.24, 2.45) is 0 Å². The Labute approximate surface area is 370 Å². The highest BCUT2D eigenvalue weighted by Crippen LogP contribution is 2.35. The Morgan fingerprint density at radius 1 is 0.569 bits per heavy atom. The van der Waals surface area contributed by atoms with E-state index in [1.54, 1.807) is 0 Å². The Balaban J connectivity index is 1.31. The SMILES string of the molecule is CC1OC(OC2C(O)C(C)OC(OC3C(O)C(OCCc4ccc(O)c(O)c4)OC(COC4OC(CO)C(O)C(O)C4O)C3OC(=O)C=Cc3ccc(O)c(O)c3)C2O)C(O)C(O)C1O. The van der Waals surface area contributed by atoms with Gasteiger partial charge in [0.15, 0.2) is 54.3 Å². The molecule has 4 saturated heterocycles. The van der Waals surface area contributed by atoms with Gasteiger partial charge in [-0.15, -0.1) is 0 Å². The summed E-state index contributed by atoms with van der Waals surface area (Å²) >= 11 is 0. The van der Waals surface area contributed by atoms with Crippen molar-refractivity contribution in [3.8, 4) is 23.0 Å². The van der Waals surface area contributed by atoms with Crippen LogP contribution in [-0.2, 0) is 53.8 Å². The first-order valence-corrected chi connectivity index (χ1v) is 20.6. The fourth-order valence-corrected chi connectivity index (χ4v) is 7.56. The van der Waals surface area contributed by atoms with E-state index in [2.05, 4.69) is 0 Å². The molecule has 65 heavy (non-hydrogen) atoms. The van der Waals surface area contributed by atoms with Gasteiger partial charge in [0.25, 0.3) is 0 Å². The molecule has 2 aromatic carbocycles. The van der Waals surface area contributed by atoms with Crippen LogP contribution in [0.3, 0.4) is 0 Å². The molecule has 0 aliphatic carbocycles. The number of aromatic hydroxyl groups is 4. The van der Waals surface area contributed by atoms with Crippen molar-refractivity contribution in [3.05, 3.63) is 53.6 Å². The van der Waals surface area contributed by atoms with Crippen LogP contribution in [0.2, 0.25) is 0 Å². The second-order valence-corrected chi connectivity index (χ2v) is 16.1. The lowest BCUT2D eigenvalue weighted by atomic mass is 9.96. The molecule has 24 heteroatoms. The fraction of sp³-hybridized carbons (Fsp3) is 0.634. The van der Waals surface area contributed by atoms with Crippen molar-refractivity contribution in [3.63, 3.8) is 0 Å². The van der Waals surface area contributed by atoms with Gasteiger partial charge < -0.3 is 114 Å². The lowest BCUT2D eigenvalue weighted by Crippen LogP contribution is -2.66. The van der Waals surface area contributed by atoms with Gasteiger partial charge in [0.05, 0.1) is 32.0 Å². The minimum atomic E-state index is -2.00. The van der Waals surface area contributed by atoms with E-state index in [4.69, 9.17) is 42.6 Å². The number of ether oxygens (including phenoxy) is 9. The average Bonchev–Trinajstić information content (AvgIpc) is 3.27. The molecule has 0 saturated carbocycles. The molecule has 4 aliphatic heterocycles. The van der Waals surface area contributed by atoms with Crippen LogP contribution >= 0.6 is 0 Å². The van der Waals surface area contributed by atoms with E-state index in [-0.39, 0.29) is 24.3 Å². The van der Waals surface area contributed by atoms with Crippen LogP contribution in [0.1, 0.15) is 25.0 Å². The molecule has 20 atom stereocenters. The molecule has 4 aliphatic rings. The van der Waals surface area contributed by atoms with E-state index in [0.717, 1.165) is 18.2 Å². The minimum Gasteiger partial charge on any atom is -0.504 e. The Bertz CT molecular complexity index is 1900. The average molecular weight is 933 g/mol. The van der Waals surface area contributed by atoms with Crippen LogP contribution in [0.25, 0.3) is 6.08 Å². The summed E-state index contributed by atoms with van der Waals surface area (Å²) in [6, 6.07) is 7.63. The summed E-state index contributed by atoms with van der Waals surface area (Å²) in [5.41, 5.74) is 0.700. The van der Waals surface area contributed by atoms with Crippen LogP contribution in [0.4, 0.5) is 0 Å². The second-order valence-electron chi connectivity index (χ2n) is 16.1. The normalized spacial score (nSPS) is 40.2. The zero-order valence-electron chi connectivity index (χ0n) is 34.8. The van der Waals surface area contributed by atoms with E-state index in [1.807, 2.05) is 0 Å². The summed E-state index contributed by atoms with van der Waals surface area (Å²) in [5, 5.41) is 146. The number of rotatable bonds is 15. The van der Waals surface area contributed by atoms with Gasteiger partial charge in [0.2, 0.25) is 0 Å². The van der Waals surface area contributed by atoms with Crippen LogP contribution in [0.5, 0.6) is 23.0 Å². The van der Waals surface area contributed by atoms with Crippen molar-refractivity contribution < 1.29 is 119 Å². The highest BCUT2D eigenvalue weighted by atomic mass is 16.8. The molecule has 0 amide bonds. The van der Waals surface area contributed by atoms with E-state index in [0.29, 0.717) is 5.56 Å². The topological polar surface area (TPSA) is 383 Å². The number of carbonyl (C=O) groups is 1. The molecule has 24 nitrogen and oxygen atoms in total. The number of esters is 1. The quantitative estimate of drug-likeness (QED) is 0.0456. The number of hydrogen-bond donors (Lipinski definition) is 14. The van der Waals surface area contributed by atoms with Crippen molar-refractivity contribution in [1.82, 2.24) is 0 Å². The van der Waals surface area contributed by atoms with Gasteiger partial charge in [-0.05, 0) is 61.7 Å². The monoisotopic (exact) mass is 932 g/mol. The van der Waals surface area contributed by atoms with E-state index in [1.165, 1.54) is 44.2 Å². The number of hydrogen-bond acceptors (Lipinski definition) is 24. The molecule has 4 fully saturated rings.